The first-order chi connectivity index (χ1) is 13.2. The lowest BCUT2D eigenvalue weighted by Crippen LogP contribution is -2.47. The highest BCUT2D eigenvalue weighted by molar-refractivity contribution is 5.83. The maximum atomic E-state index is 12.8. The third kappa shape index (κ3) is 4.33. The molecule has 142 valence electrons. The molecule has 2 aromatic rings. The van der Waals surface area contributed by atoms with E-state index in [1.165, 1.54) is 12.0 Å². The fourth-order valence-corrected chi connectivity index (χ4v) is 4.04. The Bertz CT molecular complexity index is 760. The molecule has 2 aliphatic rings. The van der Waals surface area contributed by atoms with Gasteiger partial charge in [-0.3, -0.25) is 4.79 Å². The van der Waals surface area contributed by atoms with E-state index in [4.69, 9.17) is 4.74 Å². The Kier molecular flexibility index (Phi) is 5.44. The zero-order valence-corrected chi connectivity index (χ0v) is 15.9. The van der Waals surface area contributed by atoms with Crippen LogP contribution in [0.4, 0.5) is 0 Å². The summed E-state index contributed by atoms with van der Waals surface area (Å²) in [7, 11) is 1.99. The van der Waals surface area contributed by atoms with Crippen LogP contribution in [-0.2, 0) is 11.4 Å². The van der Waals surface area contributed by atoms with Crippen molar-refractivity contribution in [3.63, 3.8) is 0 Å². The van der Waals surface area contributed by atoms with E-state index in [1.807, 2.05) is 37.4 Å². The second-order valence-corrected chi connectivity index (χ2v) is 7.70. The van der Waals surface area contributed by atoms with E-state index >= 15 is 0 Å². The summed E-state index contributed by atoms with van der Waals surface area (Å²) in [5, 5.41) is 3.31. The minimum Gasteiger partial charge on any atom is -0.489 e. The number of benzene rings is 2. The minimum atomic E-state index is 0.164. The SMILES string of the molecule is CNC1CCCN(C(=O)C2CC2c2ccc(OCc3ccccc3)cc2)C1. The summed E-state index contributed by atoms with van der Waals surface area (Å²) < 4.78 is 5.86. The Labute approximate surface area is 161 Å². The lowest BCUT2D eigenvalue weighted by molar-refractivity contribution is -0.134. The molecule has 3 unspecified atom stereocenters. The van der Waals surface area contributed by atoms with Crippen LogP contribution in [-0.4, -0.2) is 37.0 Å². The molecule has 0 radical (unpaired) electrons. The van der Waals surface area contributed by atoms with Crippen LogP contribution < -0.4 is 10.1 Å². The Morgan fingerprint density at radius 2 is 1.93 bits per heavy atom. The Morgan fingerprint density at radius 1 is 1.15 bits per heavy atom. The first kappa shape index (κ1) is 18.1. The number of likely N-dealkylation sites (N-methyl/N-ethyl adjacent to an activating group) is 1. The number of rotatable bonds is 6. The van der Waals surface area contributed by atoms with Crippen molar-refractivity contribution in [2.24, 2.45) is 5.92 Å². The third-order valence-electron chi connectivity index (χ3n) is 5.81. The number of carbonyl (C=O) groups excluding carboxylic acids is 1. The number of nitrogens with zero attached hydrogens (tertiary/aromatic N) is 1. The van der Waals surface area contributed by atoms with Gasteiger partial charge in [0.2, 0.25) is 5.91 Å². The van der Waals surface area contributed by atoms with Gasteiger partial charge < -0.3 is 15.0 Å². The number of carbonyl (C=O) groups is 1. The van der Waals surface area contributed by atoms with Crippen molar-refractivity contribution in [3.8, 4) is 5.75 Å². The van der Waals surface area contributed by atoms with Crippen molar-refractivity contribution in [1.82, 2.24) is 10.2 Å². The van der Waals surface area contributed by atoms with Gasteiger partial charge in [0.25, 0.3) is 0 Å². The number of likely N-dealkylation sites (tertiary alicyclic amines) is 1. The van der Waals surface area contributed by atoms with E-state index in [2.05, 4.69) is 34.5 Å². The molecule has 1 amide bonds. The highest BCUT2D eigenvalue weighted by Crippen LogP contribution is 2.49. The normalized spacial score (nSPS) is 24.5. The number of piperidine rings is 1. The largest absolute Gasteiger partial charge is 0.489 e. The zero-order valence-electron chi connectivity index (χ0n) is 15.9. The van der Waals surface area contributed by atoms with Crippen LogP contribution in [0, 0.1) is 5.92 Å². The third-order valence-corrected chi connectivity index (χ3v) is 5.81. The molecule has 4 nitrogen and oxygen atoms in total. The number of hydrogen-bond donors (Lipinski definition) is 1. The molecule has 4 heteroatoms. The number of hydrogen-bond acceptors (Lipinski definition) is 3. The molecule has 3 atom stereocenters. The Hall–Kier alpha value is -2.33. The van der Waals surface area contributed by atoms with Crippen molar-refractivity contribution in [2.75, 3.05) is 20.1 Å². The molecule has 1 saturated heterocycles. The van der Waals surface area contributed by atoms with Crippen LogP contribution in [0.1, 0.15) is 36.3 Å². The summed E-state index contributed by atoms with van der Waals surface area (Å²) in [6.07, 6.45) is 3.24. The van der Waals surface area contributed by atoms with Crippen LogP contribution in [0.2, 0.25) is 0 Å². The predicted octanol–water partition coefficient (Wildman–Crippen LogP) is 3.58. The number of ether oxygens (including phenoxy) is 1. The molecule has 27 heavy (non-hydrogen) atoms. The molecule has 1 N–H and O–H groups in total. The van der Waals surface area contributed by atoms with E-state index in [1.54, 1.807) is 0 Å². The van der Waals surface area contributed by atoms with Crippen LogP contribution in [0.25, 0.3) is 0 Å². The zero-order chi connectivity index (χ0) is 18.6. The lowest BCUT2D eigenvalue weighted by Gasteiger charge is -2.32. The molecular formula is C23H28N2O2. The average Bonchev–Trinajstić information content (AvgIpc) is 3.54. The van der Waals surface area contributed by atoms with Crippen LogP contribution in [0.15, 0.2) is 54.6 Å². The topological polar surface area (TPSA) is 41.6 Å². The van der Waals surface area contributed by atoms with Gasteiger partial charge in [-0.2, -0.15) is 0 Å². The molecular weight excluding hydrogens is 336 g/mol. The smallest absolute Gasteiger partial charge is 0.226 e. The van der Waals surface area contributed by atoms with Crippen LogP contribution in [0.5, 0.6) is 5.75 Å². The van der Waals surface area contributed by atoms with E-state index < -0.39 is 0 Å². The highest BCUT2D eigenvalue weighted by atomic mass is 16.5. The van der Waals surface area contributed by atoms with E-state index in [0.717, 1.165) is 37.2 Å². The molecule has 1 heterocycles. The quantitative estimate of drug-likeness (QED) is 0.852. The van der Waals surface area contributed by atoms with Gasteiger partial charge in [-0.15, -0.1) is 0 Å². The summed E-state index contributed by atoms with van der Waals surface area (Å²) in [5.41, 5.74) is 2.42. The summed E-state index contributed by atoms with van der Waals surface area (Å²) in [6, 6.07) is 18.9. The second-order valence-electron chi connectivity index (χ2n) is 7.70. The second kappa shape index (κ2) is 8.13. The fraction of sp³-hybridized carbons (Fsp3) is 0.435. The first-order valence-electron chi connectivity index (χ1n) is 9.97. The lowest BCUT2D eigenvalue weighted by atomic mass is 10.0. The highest BCUT2D eigenvalue weighted by Gasteiger charge is 2.46. The Balaban J connectivity index is 1.30. The van der Waals surface area contributed by atoms with Crippen LogP contribution in [0.3, 0.4) is 0 Å². The monoisotopic (exact) mass is 364 g/mol. The van der Waals surface area contributed by atoms with Gasteiger partial charge in [-0.1, -0.05) is 42.5 Å². The first-order valence-corrected chi connectivity index (χ1v) is 9.97. The maximum Gasteiger partial charge on any atom is 0.226 e. The molecule has 4 rings (SSSR count). The van der Waals surface area contributed by atoms with E-state index in [-0.39, 0.29) is 5.92 Å². The van der Waals surface area contributed by atoms with Gasteiger partial charge in [-0.05, 0) is 55.5 Å². The van der Waals surface area contributed by atoms with Crippen molar-refractivity contribution in [1.29, 1.82) is 0 Å². The molecule has 1 saturated carbocycles. The van der Waals surface area contributed by atoms with Crippen LogP contribution >= 0.6 is 0 Å². The molecule has 0 aromatic heterocycles. The molecule has 1 aliphatic carbocycles. The van der Waals surface area contributed by atoms with E-state index in [9.17, 15) is 4.79 Å². The van der Waals surface area contributed by atoms with Gasteiger partial charge in [0.05, 0.1) is 0 Å². The molecule has 0 spiro atoms. The van der Waals surface area contributed by atoms with E-state index in [0.29, 0.717) is 24.5 Å². The van der Waals surface area contributed by atoms with Crippen molar-refractivity contribution < 1.29 is 9.53 Å². The van der Waals surface area contributed by atoms with Gasteiger partial charge in [-0.25, -0.2) is 0 Å². The fourth-order valence-electron chi connectivity index (χ4n) is 4.04. The summed E-state index contributed by atoms with van der Waals surface area (Å²) in [4.78, 5) is 14.9. The summed E-state index contributed by atoms with van der Waals surface area (Å²) in [6.45, 7) is 2.34. The van der Waals surface area contributed by atoms with Gasteiger partial charge in [0.15, 0.2) is 0 Å². The number of nitrogens with one attached hydrogen (secondary N) is 1. The van der Waals surface area contributed by atoms with Gasteiger partial charge in [0, 0.05) is 25.0 Å². The molecule has 2 fully saturated rings. The van der Waals surface area contributed by atoms with Crippen molar-refractivity contribution >= 4 is 5.91 Å². The van der Waals surface area contributed by atoms with Gasteiger partial charge in [0.1, 0.15) is 12.4 Å². The number of amides is 1. The average molecular weight is 364 g/mol. The van der Waals surface area contributed by atoms with Crippen molar-refractivity contribution in [3.05, 3.63) is 65.7 Å². The molecule has 0 bridgehead atoms. The standard InChI is InChI=1S/C23H28N2O2/c1-24-19-8-5-13-25(15-19)23(26)22-14-21(22)18-9-11-20(12-10-18)27-16-17-6-3-2-4-7-17/h2-4,6-7,9-12,19,21-22,24H,5,8,13-16H2,1H3. The van der Waals surface area contributed by atoms with Crippen molar-refractivity contribution in [2.45, 2.75) is 37.8 Å². The van der Waals surface area contributed by atoms with Gasteiger partial charge >= 0.3 is 0 Å². The minimum absolute atomic E-state index is 0.164. The molecule has 2 aromatic carbocycles. The summed E-state index contributed by atoms with van der Waals surface area (Å²) in [5.74, 6) is 1.75. The maximum absolute atomic E-state index is 12.8. The summed E-state index contributed by atoms with van der Waals surface area (Å²) >= 11 is 0. The predicted molar refractivity (Wildman–Crippen MR) is 107 cm³/mol. The molecule has 1 aliphatic heterocycles. The Morgan fingerprint density at radius 3 is 2.67 bits per heavy atom.